The van der Waals surface area contributed by atoms with E-state index in [0.29, 0.717) is 34.3 Å². The Balaban J connectivity index is 1.90. The highest BCUT2D eigenvalue weighted by Gasteiger charge is 2.34. The summed E-state index contributed by atoms with van der Waals surface area (Å²) in [6.07, 6.45) is -2.07. The number of anilines is 1. The molecule has 0 saturated carbocycles. The molecule has 0 radical (unpaired) electrons. The fourth-order valence-electron chi connectivity index (χ4n) is 3.91. The van der Waals surface area contributed by atoms with E-state index in [1.54, 1.807) is 25.1 Å². The summed E-state index contributed by atoms with van der Waals surface area (Å²) in [7, 11) is -1.31. The Morgan fingerprint density at radius 1 is 1.20 bits per heavy atom. The molecule has 0 bridgehead atoms. The van der Waals surface area contributed by atoms with Crippen LogP contribution in [0, 0.1) is 0 Å². The molecule has 12 heteroatoms. The van der Waals surface area contributed by atoms with Gasteiger partial charge in [-0.25, -0.2) is 0 Å². The van der Waals surface area contributed by atoms with Gasteiger partial charge in [0, 0.05) is 34.3 Å². The van der Waals surface area contributed by atoms with E-state index < -0.39 is 28.8 Å². The van der Waals surface area contributed by atoms with Gasteiger partial charge in [0.2, 0.25) is 0 Å². The Labute approximate surface area is 214 Å². The number of carbonyl (C=O) groups excluding carboxylic acids is 1. The van der Waals surface area contributed by atoms with Crippen molar-refractivity contribution in [1.29, 1.82) is 0 Å². The van der Waals surface area contributed by atoms with Crippen molar-refractivity contribution in [2.45, 2.75) is 50.5 Å². The predicted octanol–water partition coefficient (Wildman–Crippen LogP) is 5.52. The third kappa shape index (κ3) is 7.25. The first-order valence-electron chi connectivity index (χ1n) is 11.0. The molecule has 1 unspecified atom stereocenters. The van der Waals surface area contributed by atoms with E-state index >= 15 is 0 Å². The molecule has 3 N–H and O–H groups in total. The lowest BCUT2D eigenvalue weighted by atomic mass is 10.0. The number of nitrogens with two attached hydrogens (primary N) is 1. The molecule has 1 amide bonds. The largest absolute Gasteiger partial charge is 0.573 e. The van der Waals surface area contributed by atoms with Gasteiger partial charge < -0.3 is 15.8 Å². The zero-order valence-electron chi connectivity index (χ0n) is 19.0. The summed E-state index contributed by atoms with van der Waals surface area (Å²) < 4.78 is 56.1. The number of halogens is 5. The second kappa shape index (κ2) is 11.8. The SMILES string of the molecule is CCS(=O)c1ccc(Cl)cc1CNC(=O)c1cc(OC(F)(F)F)c(CN2CCCCC2)c(Cl)c1N. The number of piperidine rings is 1. The highest BCUT2D eigenvalue weighted by atomic mass is 35.5. The fourth-order valence-corrected chi connectivity index (χ4v) is 5.32. The molecule has 1 aliphatic heterocycles. The van der Waals surface area contributed by atoms with Crippen LogP contribution in [0.2, 0.25) is 10.0 Å². The van der Waals surface area contributed by atoms with Crippen molar-refractivity contribution in [2.75, 3.05) is 24.6 Å². The number of rotatable bonds is 8. The van der Waals surface area contributed by atoms with Gasteiger partial charge in [-0.3, -0.25) is 13.9 Å². The van der Waals surface area contributed by atoms with E-state index in [-0.39, 0.29) is 34.9 Å². The first-order chi connectivity index (χ1) is 16.5. The molecule has 2 aromatic rings. The van der Waals surface area contributed by atoms with Crippen molar-refractivity contribution >= 4 is 45.6 Å². The molecule has 6 nitrogen and oxygen atoms in total. The number of likely N-dealkylation sites (tertiary alicyclic amines) is 1. The van der Waals surface area contributed by atoms with E-state index in [0.717, 1.165) is 25.3 Å². The highest BCUT2D eigenvalue weighted by Crippen LogP contribution is 2.38. The number of ether oxygens (including phenoxy) is 1. The molecular weight excluding hydrogens is 526 g/mol. The van der Waals surface area contributed by atoms with Crippen LogP contribution in [0.5, 0.6) is 5.75 Å². The summed E-state index contributed by atoms with van der Waals surface area (Å²) in [5, 5.41) is 2.83. The molecule has 1 fully saturated rings. The van der Waals surface area contributed by atoms with Crippen LogP contribution in [0.3, 0.4) is 0 Å². The maximum atomic E-state index is 13.2. The normalized spacial score (nSPS) is 15.6. The Hall–Kier alpha value is -2.01. The molecular formula is C23H26Cl2F3N3O3S. The van der Waals surface area contributed by atoms with Crippen molar-refractivity contribution in [2.24, 2.45) is 0 Å². The third-order valence-corrected chi connectivity index (χ3v) is 7.71. The lowest BCUT2D eigenvalue weighted by Crippen LogP contribution is -2.30. The van der Waals surface area contributed by atoms with Gasteiger partial charge >= 0.3 is 6.36 Å². The van der Waals surface area contributed by atoms with E-state index in [1.165, 1.54) is 0 Å². The van der Waals surface area contributed by atoms with Gasteiger partial charge in [0.15, 0.2) is 0 Å². The summed E-state index contributed by atoms with van der Waals surface area (Å²) in [6, 6.07) is 5.74. The molecule has 0 spiro atoms. The van der Waals surface area contributed by atoms with Crippen LogP contribution in [0.15, 0.2) is 29.2 Å². The number of hydrogen-bond donors (Lipinski definition) is 2. The van der Waals surface area contributed by atoms with Gasteiger partial charge in [0.1, 0.15) is 5.75 Å². The molecule has 0 aliphatic carbocycles. The molecule has 192 valence electrons. The number of hydrogen-bond acceptors (Lipinski definition) is 5. The number of benzene rings is 2. The molecule has 1 saturated heterocycles. The van der Waals surface area contributed by atoms with Crippen LogP contribution < -0.4 is 15.8 Å². The number of nitrogens with zero attached hydrogens (tertiary/aromatic N) is 1. The maximum absolute atomic E-state index is 13.2. The summed E-state index contributed by atoms with van der Waals surface area (Å²) in [5.41, 5.74) is 6.30. The lowest BCUT2D eigenvalue weighted by molar-refractivity contribution is -0.275. The van der Waals surface area contributed by atoms with Crippen LogP contribution in [0.4, 0.5) is 18.9 Å². The van der Waals surface area contributed by atoms with Gasteiger partial charge in [0.25, 0.3) is 5.91 Å². The van der Waals surface area contributed by atoms with E-state index in [2.05, 4.69) is 10.1 Å². The van der Waals surface area contributed by atoms with Crippen molar-refractivity contribution in [3.63, 3.8) is 0 Å². The summed E-state index contributed by atoms with van der Waals surface area (Å²) in [4.78, 5) is 15.4. The van der Waals surface area contributed by atoms with Gasteiger partial charge in [-0.1, -0.05) is 36.5 Å². The fraction of sp³-hybridized carbons (Fsp3) is 0.435. The molecule has 3 rings (SSSR count). The van der Waals surface area contributed by atoms with Gasteiger partial charge in [0.05, 0.1) is 27.1 Å². The lowest BCUT2D eigenvalue weighted by Gasteiger charge is -2.28. The third-order valence-electron chi connectivity index (χ3n) is 5.63. The monoisotopic (exact) mass is 551 g/mol. The standard InChI is InChI=1S/C23H26Cl2F3N3O3S/c1-2-35(33)19-7-6-15(24)10-14(19)12-30-22(32)16-11-18(34-23(26,27)28)17(20(25)21(16)29)13-31-8-4-3-5-9-31/h6-7,10-11H,2-5,8-9,12-13,29H2,1H3,(H,30,32). The minimum Gasteiger partial charge on any atom is -0.405 e. The molecule has 1 heterocycles. The van der Waals surface area contributed by atoms with Crippen molar-refractivity contribution in [1.82, 2.24) is 10.2 Å². The smallest absolute Gasteiger partial charge is 0.405 e. The minimum atomic E-state index is -4.98. The first-order valence-corrected chi connectivity index (χ1v) is 13.1. The predicted molar refractivity (Wildman–Crippen MR) is 131 cm³/mol. The maximum Gasteiger partial charge on any atom is 0.573 e. The van der Waals surface area contributed by atoms with Gasteiger partial charge in [-0.15, -0.1) is 13.2 Å². The number of nitrogen functional groups attached to an aromatic ring is 1. The van der Waals surface area contributed by atoms with E-state index in [9.17, 15) is 22.2 Å². The second-order valence-corrected chi connectivity index (χ2v) is 10.6. The van der Waals surface area contributed by atoms with E-state index in [4.69, 9.17) is 28.9 Å². The van der Waals surface area contributed by atoms with Crippen LogP contribution in [-0.2, 0) is 23.9 Å². The number of alkyl halides is 3. The zero-order valence-corrected chi connectivity index (χ0v) is 21.3. The van der Waals surface area contributed by atoms with Gasteiger partial charge in [-0.2, -0.15) is 0 Å². The van der Waals surface area contributed by atoms with Gasteiger partial charge in [-0.05, 0) is 55.8 Å². The topological polar surface area (TPSA) is 84.7 Å². The van der Waals surface area contributed by atoms with Crippen molar-refractivity contribution in [3.8, 4) is 5.75 Å². The molecule has 35 heavy (non-hydrogen) atoms. The number of amides is 1. The Morgan fingerprint density at radius 3 is 2.51 bits per heavy atom. The van der Waals surface area contributed by atoms with Crippen LogP contribution >= 0.6 is 23.2 Å². The minimum absolute atomic E-state index is 0.0669. The molecule has 1 aliphatic rings. The molecule has 0 aromatic heterocycles. The summed E-state index contributed by atoms with van der Waals surface area (Å²) >= 11 is 12.4. The number of carbonyl (C=O) groups is 1. The van der Waals surface area contributed by atoms with Crippen molar-refractivity contribution in [3.05, 3.63) is 51.0 Å². The Kier molecular flexibility index (Phi) is 9.31. The Bertz CT molecular complexity index is 1110. The van der Waals surface area contributed by atoms with Crippen molar-refractivity contribution < 1.29 is 26.9 Å². The average molecular weight is 552 g/mol. The van der Waals surface area contributed by atoms with Crippen LogP contribution in [0.1, 0.15) is 47.7 Å². The Morgan fingerprint density at radius 2 is 1.89 bits per heavy atom. The highest BCUT2D eigenvalue weighted by molar-refractivity contribution is 7.85. The van der Waals surface area contributed by atoms with E-state index in [1.807, 2.05) is 4.90 Å². The quantitative estimate of drug-likeness (QED) is 0.422. The second-order valence-electron chi connectivity index (χ2n) is 8.08. The van der Waals surface area contributed by atoms with Crippen LogP contribution in [0.25, 0.3) is 0 Å². The molecule has 1 atom stereocenters. The average Bonchev–Trinajstić information content (AvgIpc) is 2.81. The summed E-state index contributed by atoms with van der Waals surface area (Å²) in [6.45, 7) is 3.23. The first kappa shape index (κ1) is 27.6. The zero-order chi connectivity index (χ0) is 25.8. The van der Waals surface area contributed by atoms with Crippen LogP contribution in [-0.4, -0.2) is 40.2 Å². The molecule has 2 aromatic carbocycles. The summed E-state index contributed by atoms with van der Waals surface area (Å²) in [5.74, 6) is -0.959. The number of nitrogens with one attached hydrogen (secondary N) is 1.